The van der Waals surface area contributed by atoms with E-state index in [0.29, 0.717) is 23.9 Å². The number of hydrogen-bond donors (Lipinski definition) is 1. The van der Waals surface area contributed by atoms with Crippen LogP contribution in [-0.2, 0) is 16.4 Å². The average Bonchev–Trinajstić information content (AvgIpc) is 2.54. The van der Waals surface area contributed by atoms with Crippen LogP contribution in [0.1, 0.15) is 38.2 Å². The molecule has 1 atom stereocenters. The first kappa shape index (κ1) is 14.9. The van der Waals surface area contributed by atoms with Gasteiger partial charge >= 0.3 is 0 Å². The Kier molecular flexibility index (Phi) is 4.22. The molecule has 1 aromatic rings. The third-order valence-electron chi connectivity index (χ3n) is 4.72. The van der Waals surface area contributed by atoms with Crippen LogP contribution in [0.2, 0.25) is 0 Å². The summed E-state index contributed by atoms with van der Waals surface area (Å²) in [5.74, 6) is 0.504. The number of piperidine rings is 1. The topological polar surface area (TPSA) is 49.4 Å². The van der Waals surface area contributed by atoms with Gasteiger partial charge in [-0.25, -0.2) is 8.42 Å². The van der Waals surface area contributed by atoms with Gasteiger partial charge in [-0.2, -0.15) is 4.31 Å². The van der Waals surface area contributed by atoms with Crippen LogP contribution in [0.4, 0.5) is 5.69 Å². The highest BCUT2D eigenvalue weighted by Crippen LogP contribution is 2.29. The number of rotatable bonds is 3. The number of sulfonamides is 1. The molecular formula is C16H24N2O2S. The van der Waals surface area contributed by atoms with E-state index in [2.05, 4.69) is 12.2 Å². The molecule has 2 aliphatic rings. The summed E-state index contributed by atoms with van der Waals surface area (Å²) in [5, 5.41) is 3.32. The molecular weight excluding hydrogens is 284 g/mol. The minimum atomic E-state index is -3.35. The lowest BCUT2D eigenvalue weighted by Crippen LogP contribution is -2.39. The highest BCUT2D eigenvalue weighted by Gasteiger charge is 2.30. The van der Waals surface area contributed by atoms with Crippen LogP contribution < -0.4 is 5.32 Å². The molecule has 0 spiro atoms. The van der Waals surface area contributed by atoms with Crippen LogP contribution >= 0.6 is 0 Å². The van der Waals surface area contributed by atoms with Gasteiger partial charge in [-0.3, -0.25) is 0 Å². The predicted octanol–water partition coefficient (Wildman–Crippen LogP) is 2.86. The molecule has 1 unspecified atom stereocenters. The van der Waals surface area contributed by atoms with Gasteiger partial charge in [0, 0.05) is 25.3 Å². The number of nitrogens with one attached hydrogen (secondary N) is 1. The number of nitrogens with zero attached hydrogens (tertiary/aromatic N) is 1. The molecule has 4 nitrogen and oxygen atoms in total. The van der Waals surface area contributed by atoms with Crippen LogP contribution in [0, 0.1) is 5.92 Å². The lowest BCUT2D eigenvalue weighted by Gasteiger charge is -2.31. The average molecular weight is 308 g/mol. The fraction of sp³-hybridized carbons (Fsp3) is 0.625. The van der Waals surface area contributed by atoms with E-state index in [0.717, 1.165) is 44.3 Å². The lowest BCUT2D eigenvalue weighted by molar-refractivity contribution is 0.261. The summed E-state index contributed by atoms with van der Waals surface area (Å²) in [6, 6.07) is 5.56. The molecule has 1 N–H and O–H groups in total. The molecule has 2 heterocycles. The second kappa shape index (κ2) is 5.97. The zero-order valence-electron chi connectivity index (χ0n) is 12.6. The van der Waals surface area contributed by atoms with Gasteiger partial charge < -0.3 is 5.32 Å². The largest absolute Gasteiger partial charge is 0.385 e. The second-order valence-corrected chi connectivity index (χ2v) is 8.07. The molecule has 5 heteroatoms. The molecule has 1 saturated heterocycles. The SMILES string of the molecule is CCC1CCCN(S(=O)(=O)c2ccc3c(c2)NCCC3)C1. The Balaban J connectivity index is 1.87. The number of benzene rings is 1. The Labute approximate surface area is 127 Å². The fourth-order valence-corrected chi connectivity index (χ4v) is 4.91. The zero-order chi connectivity index (χ0) is 14.9. The molecule has 0 amide bonds. The van der Waals surface area contributed by atoms with E-state index in [1.807, 2.05) is 12.1 Å². The Morgan fingerprint density at radius 1 is 1.33 bits per heavy atom. The number of aryl methyl sites for hydroxylation is 1. The van der Waals surface area contributed by atoms with Gasteiger partial charge in [0.25, 0.3) is 0 Å². The van der Waals surface area contributed by atoms with Crippen LogP contribution in [0.3, 0.4) is 0 Å². The van der Waals surface area contributed by atoms with Crippen LogP contribution in [0.15, 0.2) is 23.1 Å². The zero-order valence-corrected chi connectivity index (χ0v) is 13.5. The number of fused-ring (bicyclic) bond motifs is 1. The van der Waals surface area contributed by atoms with Crippen molar-refractivity contribution in [3.63, 3.8) is 0 Å². The molecule has 0 aromatic heterocycles. The third kappa shape index (κ3) is 2.94. The molecule has 0 radical (unpaired) electrons. The molecule has 116 valence electrons. The van der Waals surface area contributed by atoms with Gasteiger partial charge in [-0.15, -0.1) is 0 Å². The minimum Gasteiger partial charge on any atom is -0.385 e. The van der Waals surface area contributed by atoms with Crippen molar-refractivity contribution >= 4 is 15.7 Å². The maximum atomic E-state index is 12.8. The molecule has 1 fully saturated rings. The molecule has 0 aliphatic carbocycles. The quantitative estimate of drug-likeness (QED) is 0.934. The molecule has 1 aromatic carbocycles. The highest BCUT2D eigenvalue weighted by molar-refractivity contribution is 7.89. The second-order valence-electron chi connectivity index (χ2n) is 6.13. The summed E-state index contributed by atoms with van der Waals surface area (Å²) in [6.07, 6.45) is 5.32. The van der Waals surface area contributed by atoms with Crippen molar-refractivity contribution in [3.05, 3.63) is 23.8 Å². The van der Waals surface area contributed by atoms with Crippen molar-refractivity contribution in [2.24, 2.45) is 5.92 Å². The van der Waals surface area contributed by atoms with Crippen molar-refractivity contribution in [1.82, 2.24) is 4.31 Å². The van der Waals surface area contributed by atoms with Gasteiger partial charge in [0.15, 0.2) is 0 Å². The first-order valence-corrected chi connectivity index (χ1v) is 9.42. The van der Waals surface area contributed by atoms with Crippen LogP contribution in [0.25, 0.3) is 0 Å². The molecule has 21 heavy (non-hydrogen) atoms. The molecule has 3 rings (SSSR count). The Morgan fingerprint density at radius 2 is 2.19 bits per heavy atom. The smallest absolute Gasteiger partial charge is 0.243 e. The minimum absolute atomic E-state index is 0.437. The molecule has 2 aliphatic heterocycles. The van der Waals surface area contributed by atoms with Crippen molar-refractivity contribution in [2.75, 3.05) is 25.0 Å². The predicted molar refractivity (Wildman–Crippen MR) is 85.0 cm³/mol. The van der Waals surface area contributed by atoms with Crippen molar-refractivity contribution < 1.29 is 8.42 Å². The van der Waals surface area contributed by atoms with E-state index < -0.39 is 10.0 Å². The monoisotopic (exact) mass is 308 g/mol. The third-order valence-corrected chi connectivity index (χ3v) is 6.58. The highest BCUT2D eigenvalue weighted by atomic mass is 32.2. The van der Waals surface area contributed by atoms with Gasteiger partial charge in [0.05, 0.1) is 4.90 Å². The van der Waals surface area contributed by atoms with Gasteiger partial charge in [0.1, 0.15) is 0 Å². The van der Waals surface area contributed by atoms with Crippen LogP contribution in [-0.4, -0.2) is 32.4 Å². The van der Waals surface area contributed by atoms with Crippen molar-refractivity contribution in [1.29, 1.82) is 0 Å². The lowest BCUT2D eigenvalue weighted by atomic mass is 9.97. The van der Waals surface area contributed by atoms with E-state index in [1.165, 1.54) is 5.56 Å². The first-order chi connectivity index (χ1) is 10.1. The molecule has 0 saturated carbocycles. The Hall–Kier alpha value is -1.07. The van der Waals surface area contributed by atoms with Gasteiger partial charge in [-0.1, -0.05) is 19.4 Å². The van der Waals surface area contributed by atoms with E-state index in [9.17, 15) is 8.42 Å². The van der Waals surface area contributed by atoms with Gasteiger partial charge in [-0.05, 0) is 49.3 Å². The summed E-state index contributed by atoms with van der Waals surface area (Å²) in [7, 11) is -3.35. The van der Waals surface area contributed by atoms with Crippen molar-refractivity contribution in [2.45, 2.75) is 43.9 Å². The normalized spacial score (nSPS) is 23.4. The Morgan fingerprint density at radius 3 is 3.00 bits per heavy atom. The first-order valence-electron chi connectivity index (χ1n) is 7.98. The van der Waals surface area contributed by atoms with Gasteiger partial charge in [0.2, 0.25) is 10.0 Å². The Bertz CT molecular complexity index is 613. The summed E-state index contributed by atoms with van der Waals surface area (Å²) < 4.78 is 27.3. The summed E-state index contributed by atoms with van der Waals surface area (Å²) >= 11 is 0. The van der Waals surface area contributed by atoms with Crippen LogP contribution in [0.5, 0.6) is 0 Å². The van der Waals surface area contributed by atoms with Crippen molar-refractivity contribution in [3.8, 4) is 0 Å². The van der Waals surface area contributed by atoms with E-state index in [1.54, 1.807) is 10.4 Å². The number of anilines is 1. The maximum Gasteiger partial charge on any atom is 0.243 e. The summed E-state index contributed by atoms with van der Waals surface area (Å²) in [6.45, 7) is 4.40. The molecule has 0 bridgehead atoms. The van der Waals surface area contributed by atoms with E-state index in [4.69, 9.17) is 0 Å². The summed E-state index contributed by atoms with van der Waals surface area (Å²) in [4.78, 5) is 0.437. The standard InChI is InChI=1S/C16H24N2O2S/c1-2-13-5-4-10-18(12-13)21(19,20)15-8-7-14-6-3-9-17-16(14)11-15/h7-8,11,13,17H,2-6,9-10,12H2,1H3. The number of hydrogen-bond acceptors (Lipinski definition) is 3. The maximum absolute atomic E-state index is 12.8. The van der Waals surface area contributed by atoms with E-state index in [-0.39, 0.29) is 0 Å². The van der Waals surface area contributed by atoms with E-state index >= 15 is 0 Å². The fourth-order valence-electron chi connectivity index (χ4n) is 3.33. The summed E-state index contributed by atoms with van der Waals surface area (Å²) in [5.41, 5.74) is 2.22.